The molecule has 4 N–H and O–H groups in total. The zero-order chi connectivity index (χ0) is 20.5. The number of pyridine rings is 1. The number of hydrogen-bond acceptors (Lipinski definition) is 6. The molecule has 0 bridgehead atoms. The van der Waals surface area contributed by atoms with E-state index in [1.807, 2.05) is 6.92 Å². The number of nitrogens with zero attached hydrogens (tertiary/aromatic N) is 2. The Balaban J connectivity index is 1.73. The first kappa shape index (κ1) is 19.5. The van der Waals surface area contributed by atoms with Crippen molar-refractivity contribution in [2.45, 2.75) is 18.2 Å². The molecule has 0 saturated carbocycles. The molecule has 2 aromatic heterocycles. The third-order valence-corrected chi connectivity index (χ3v) is 5.07. The predicted octanol–water partition coefficient (Wildman–Crippen LogP) is 0.328. The van der Waals surface area contributed by atoms with Crippen molar-refractivity contribution in [1.82, 2.24) is 14.7 Å². The number of nitrogens with two attached hydrogens (primary N) is 1. The van der Waals surface area contributed by atoms with Crippen molar-refractivity contribution in [2.75, 3.05) is 6.54 Å². The van der Waals surface area contributed by atoms with Crippen LogP contribution in [-0.4, -0.2) is 35.4 Å². The molecule has 0 fully saturated rings. The van der Waals surface area contributed by atoms with Crippen molar-refractivity contribution >= 4 is 21.6 Å². The second-order valence-corrected chi connectivity index (χ2v) is 7.80. The minimum atomic E-state index is -3.76. The van der Waals surface area contributed by atoms with E-state index >= 15 is 0 Å². The van der Waals surface area contributed by atoms with Crippen LogP contribution < -0.4 is 16.0 Å². The van der Waals surface area contributed by atoms with E-state index in [9.17, 15) is 23.1 Å². The van der Waals surface area contributed by atoms with Crippen LogP contribution in [0.2, 0.25) is 0 Å². The third-order valence-electron chi connectivity index (χ3n) is 4.14. The SMILES string of the molecule is Cc1ccn2c(=O)c(C(=O)NCCc3ccc(S(N)(=O)=O)cc3)c(O)nc2c1. The Hall–Kier alpha value is -3.24. The van der Waals surface area contributed by atoms with Crippen LogP contribution in [0.15, 0.2) is 52.3 Å². The van der Waals surface area contributed by atoms with Gasteiger partial charge in [-0.25, -0.2) is 13.6 Å². The number of nitrogens with one attached hydrogen (secondary N) is 1. The van der Waals surface area contributed by atoms with E-state index in [0.29, 0.717) is 6.42 Å². The van der Waals surface area contributed by atoms with Crippen LogP contribution in [0.4, 0.5) is 0 Å². The van der Waals surface area contributed by atoms with Gasteiger partial charge in [-0.15, -0.1) is 0 Å². The molecule has 0 saturated heterocycles. The quantitative estimate of drug-likeness (QED) is 0.561. The van der Waals surface area contributed by atoms with E-state index < -0.39 is 32.9 Å². The maximum atomic E-state index is 12.5. The van der Waals surface area contributed by atoms with Crippen LogP contribution >= 0.6 is 0 Å². The van der Waals surface area contributed by atoms with Gasteiger partial charge in [0.05, 0.1) is 4.90 Å². The molecule has 146 valence electrons. The number of hydrogen-bond donors (Lipinski definition) is 3. The molecule has 9 nitrogen and oxygen atoms in total. The van der Waals surface area contributed by atoms with Gasteiger partial charge in [-0.2, -0.15) is 4.98 Å². The molecule has 0 spiro atoms. The summed E-state index contributed by atoms with van der Waals surface area (Å²) in [5.74, 6) is -1.38. The second-order valence-electron chi connectivity index (χ2n) is 6.24. The highest BCUT2D eigenvalue weighted by Crippen LogP contribution is 2.13. The first-order valence-corrected chi connectivity index (χ1v) is 9.83. The standard InChI is InChI=1S/C18H18N4O5S/c1-11-7-9-22-14(10-11)21-17(24)15(18(22)25)16(23)20-8-6-12-2-4-13(5-3-12)28(19,26)27/h2-5,7,9-10,24H,6,8H2,1H3,(H,20,23)(H2,19,26,27). The first-order chi connectivity index (χ1) is 13.2. The number of amides is 1. The zero-order valence-electron chi connectivity index (χ0n) is 14.9. The average molecular weight is 402 g/mol. The maximum Gasteiger partial charge on any atom is 0.274 e. The molecule has 3 aromatic rings. The number of carbonyl (C=O) groups excluding carboxylic acids is 1. The van der Waals surface area contributed by atoms with Crippen molar-refractivity contribution in [1.29, 1.82) is 0 Å². The Labute approximate surface area is 160 Å². The summed E-state index contributed by atoms with van der Waals surface area (Å²) in [6.45, 7) is 1.99. The molecular weight excluding hydrogens is 384 g/mol. The molecule has 2 heterocycles. The molecular formula is C18H18N4O5S. The number of aromatic nitrogens is 2. The van der Waals surface area contributed by atoms with Gasteiger partial charge in [0.15, 0.2) is 5.56 Å². The molecule has 0 radical (unpaired) electrons. The lowest BCUT2D eigenvalue weighted by molar-refractivity contribution is 0.0949. The Morgan fingerprint density at radius 1 is 1.25 bits per heavy atom. The number of primary sulfonamides is 1. The molecule has 0 unspecified atom stereocenters. The number of rotatable bonds is 5. The molecule has 0 atom stereocenters. The fourth-order valence-corrected chi connectivity index (χ4v) is 3.20. The summed E-state index contributed by atoms with van der Waals surface area (Å²) < 4.78 is 23.7. The number of benzene rings is 1. The lowest BCUT2D eigenvalue weighted by Gasteiger charge is -2.08. The molecule has 0 aliphatic heterocycles. The molecule has 10 heteroatoms. The highest BCUT2D eigenvalue weighted by molar-refractivity contribution is 7.89. The van der Waals surface area contributed by atoms with Gasteiger partial charge in [-0.05, 0) is 48.7 Å². The number of fused-ring (bicyclic) bond motifs is 1. The van der Waals surface area contributed by atoms with Crippen LogP contribution in [0.5, 0.6) is 5.88 Å². The van der Waals surface area contributed by atoms with Crippen LogP contribution in [0.3, 0.4) is 0 Å². The van der Waals surface area contributed by atoms with Gasteiger partial charge in [0.25, 0.3) is 11.5 Å². The Morgan fingerprint density at radius 2 is 1.93 bits per heavy atom. The highest BCUT2D eigenvalue weighted by atomic mass is 32.2. The van der Waals surface area contributed by atoms with Gasteiger partial charge in [-0.1, -0.05) is 12.1 Å². The van der Waals surface area contributed by atoms with Crippen LogP contribution in [-0.2, 0) is 16.4 Å². The van der Waals surface area contributed by atoms with E-state index in [1.54, 1.807) is 24.3 Å². The lowest BCUT2D eigenvalue weighted by atomic mass is 10.1. The highest BCUT2D eigenvalue weighted by Gasteiger charge is 2.19. The van der Waals surface area contributed by atoms with Gasteiger partial charge < -0.3 is 10.4 Å². The van der Waals surface area contributed by atoms with Crippen LogP contribution in [0, 0.1) is 6.92 Å². The van der Waals surface area contributed by atoms with Crippen molar-refractivity contribution in [3.63, 3.8) is 0 Å². The summed E-state index contributed by atoms with van der Waals surface area (Å²) >= 11 is 0. The summed E-state index contributed by atoms with van der Waals surface area (Å²) in [5.41, 5.74) is 0.759. The Morgan fingerprint density at radius 3 is 2.57 bits per heavy atom. The number of aryl methyl sites for hydroxylation is 1. The molecule has 1 amide bonds. The van der Waals surface area contributed by atoms with Gasteiger partial charge in [-0.3, -0.25) is 14.0 Å². The number of aromatic hydroxyl groups is 1. The van der Waals surface area contributed by atoms with Crippen molar-refractivity contribution in [3.8, 4) is 5.88 Å². The third kappa shape index (κ3) is 4.02. The molecule has 0 aliphatic carbocycles. The molecule has 3 rings (SSSR count). The zero-order valence-corrected chi connectivity index (χ0v) is 15.7. The van der Waals surface area contributed by atoms with Crippen LogP contribution in [0.1, 0.15) is 21.5 Å². The monoisotopic (exact) mass is 402 g/mol. The largest absolute Gasteiger partial charge is 0.493 e. The van der Waals surface area contributed by atoms with E-state index in [0.717, 1.165) is 11.1 Å². The minimum absolute atomic E-state index is 0.00398. The van der Waals surface area contributed by atoms with Crippen molar-refractivity contribution in [3.05, 3.63) is 69.6 Å². The molecule has 1 aromatic carbocycles. The fraction of sp³-hybridized carbons (Fsp3) is 0.167. The summed E-state index contributed by atoms with van der Waals surface area (Å²) in [5, 5.41) is 17.6. The van der Waals surface area contributed by atoms with Crippen molar-refractivity contribution in [2.24, 2.45) is 5.14 Å². The Kier molecular flexibility index (Phi) is 5.16. The van der Waals surface area contributed by atoms with Gasteiger partial charge >= 0.3 is 0 Å². The van der Waals surface area contributed by atoms with Gasteiger partial charge in [0, 0.05) is 12.7 Å². The van der Waals surface area contributed by atoms with E-state index in [-0.39, 0.29) is 17.1 Å². The average Bonchev–Trinajstić information content (AvgIpc) is 2.61. The number of sulfonamides is 1. The summed E-state index contributed by atoms with van der Waals surface area (Å²) in [4.78, 5) is 28.8. The van der Waals surface area contributed by atoms with E-state index in [2.05, 4.69) is 10.3 Å². The van der Waals surface area contributed by atoms with Gasteiger partial charge in [0.1, 0.15) is 5.65 Å². The van der Waals surface area contributed by atoms with Gasteiger partial charge in [0.2, 0.25) is 15.9 Å². The summed E-state index contributed by atoms with van der Waals surface area (Å²) in [6, 6.07) is 9.23. The second kappa shape index (κ2) is 7.41. The maximum absolute atomic E-state index is 12.5. The van der Waals surface area contributed by atoms with E-state index in [4.69, 9.17) is 5.14 Å². The topological polar surface area (TPSA) is 144 Å². The number of carbonyl (C=O) groups is 1. The first-order valence-electron chi connectivity index (χ1n) is 8.29. The smallest absolute Gasteiger partial charge is 0.274 e. The predicted molar refractivity (Wildman–Crippen MR) is 102 cm³/mol. The molecule has 28 heavy (non-hydrogen) atoms. The lowest BCUT2D eigenvalue weighted by Crippen LogP contribution is -2.33. The van der Waals surface area contributed by atoms with E-state index in [1.165, 1.54) is 22.7 Å². The Bertz CT molecular complexity index is 1220. The normalized spacial score (nSPS) is 11.5. The fourth-order valence-electron chi connectivity index (χ4n) is 2.68. The molecule has 0 aliphatic rings. The minimum Gasteiger partial charge on any atom is -0.493 e. The van der Waals surface area contributed by atoms with Crippen molar-refractivity contribution < 1.29 is 18.3 Å². The van der Waals surface area contributed by atoms with Crippen LogP contribution in [0.25, 0.3) is 5.65 Å². The summed E-state index contributed by atoms with van der Waals surface area (Å²) in [7, 11) is -3.76. The summed E-state index contributed by atoms with van der Waals surface area (Å²) in [6.07, 6.45) is 1.88.